The van der Waals surface area contributed by atoms with Gasteiger partial charge in [-0.05, 0) is 34.0 Å². The molecule has 5 nitrogen and oxygen atoms in total. The maximum absolute atomic E-state index is 11.8. The molecule has 0 saturated carbocycles. The summed E-state index contributed by atoms with van der Waals surface area (Å²) in [6.45, 7) is 6.40. The molecule has 1 N–H and O–H groups in total. The van der Waals surface area contributed by atoms with Gasteiger partial charge >= 0.3 is 0 Å². The predicted molar refractivity (Wildman–Crippen MR) is 70.2 cm³/mol. The summed E-state index contributed by atoms with van der Waals surface area (Å²) in [4.78, 5) is 15.8. The second kappa shape index (κ2) is 10.5. The van der Waals surface area contributed by atoms with Gasteiger partial charge in [-0.1, -0.05) is 0 Å². The maximum atomic E-state index is 11.8. The molecule has 0 rings (SSSR count). The fraction of sp³-hybridized carbons (Fsp3) is 0.917. The van der Waals surface area contributed by atoms with Gasteiger partial charge in [0.25, 0.3) is 0 Å². The van der Waals surface area contributed by atoms with Crippen molar-refractivity contribution in [1.29, 1.82) is 0 Å². The van der Waals surface area contributed by atoms with Crippen LogP contribution in [0.15, 0.2) is 0 Å². The van der Waals surface area contributed by atoms with E-state index >= 15 is 0 Å². The van der Waals surface area contributed by atoms with E-state index in [0.717, 1.165) is 32.6 Å². The Labute approximate surface area is 105 Å². The maximum Gasteiger partial charge on any atom is 0.236 e. The third-order valence-electron chi connectivity index (χ3n) is 2.53. The van der Waals surface area contributed by atoms with Crippen LogP contribution in [0.1, 0.15) is 13.3 Å². The Balaban J connectivity index is 3.71. The molecule has 102 valence electrons. The topological polar surface area (TPSA) is 44.8 Å². The zero-order valence-electron chi connectivity index (χ0n) is 11.7. The summed E-state index contributed by atoms with van der Waals surface area (Å²) < 4.78 is 4.91. The average Bonchev–Trinajstić information content (AvgIpc) is 2.29. The first-order chi connectivity index (χ1) is 8.11. The van der Waals surface area contributed by atoms with Gasteiger partial charge in [-0.2, -0.15) is 0 Å². The molecule has 0 aromatic heterocycles. The number of carbonyl (C=O) groups excluding carboxylic acids is 1. The van der Waals surface area contributed by atoms with Gasteiger partial charge < -0.3 is 19.9 Å². The molecule has 0 saturated heterocycles. The molecule has 0 radical (unpaired) electrons. The van der Waals surface area contributed by atoms with Gasteiger partial charge in [0.15, 0.2) is 0 Å². The van der Waals surface area contributed by atoms with Gasteiger partial charge in [-0.25, -0.2) is 0 Å². The van der Waals surface area contributed by atoms with E-state index in [1.807, 2.05) is 25.9 Å². The largest absolute Gasteiger partial charge is 0.383 e. The van der Waals surface area contributed by atoms with Gasteiger partial charge in [-0.3, -0.25) is 4.79 Å². The Morgan fingerprint density at radius 3 is 2.53 bits per heavy atom. The molecule has 0 aliphatic rings. The third-order valence-corrected chi connectivity index (χ3v) is 2.53. The molecular formula is C12H27N3O2. The molecule has 0 heterocycles. The monoisotopic (exact) mass is 245 g/mol. The molecule has 1 amide bonds. The molecule has 0 spiro atoms. The highest BCUT2D eigenvalue weighted by atomic mass is 16.5. The van der Waals surface area contributed by atoms with Crippen LogP contribution in [0.4, 0.5) is 0 Å². The number of carbonyl (C=O) groups is 1. The van der Waals surface area contributed by atoms with Crippen LogP contribution in [-0.2, 0) is 9.53 Å². The second-order valence-corrected chi connectivity index (χ2v) is 4.30. The molecule has 5 heteroatoms. The fourth-order valence-electron chi connectivity index (χ4n) is 1.52. The van der Waals surface area contributed by atoms with Crippen molar-refractivity contribution in [3.63, 3.8) is 0 Å². The highest BCUT2D eigenvalue weighted by molar-refractivity contribution is 5.78. The summed E-state index contributed by atoms with van der Waals surface area (Å²) in [6.07, 6.45) is 1.02. The number of methoxy groups -OCH3 is 1. The number of likely N-dealkylation sites (N-methyl/N-ethyl adjacent to an activating group) is 1. The lowest BCUT2D eigenvalue weighted by Crippen LogP contribution is -2.40. The highest BCUT2D eigenvalue weighted by Gasteiger charge is 2.10. The molecule has 0 unspecified atom stereocenters. The number of nitrogens with zero attached hydrogens (tertiary/aromatic N) is 2. The smallest absolute Gasteiger partial charge is 0.236 e. The van der Waals surface area contributed by atoms with Crippen molar-refractivity contribution in [2.45, 2.75) is 13.3 Å². The molecule has 17 heavy (non-hydrogen) atoms. The Morgan fingerprint density at radius 1 is 1.29 bits per heavy atom. The first-order valence-corrected chi connectivity index (χ1v) is 6.24. The Hall–Kier alpha value is -0.650. The minimum Gasteiger partial charge on any atom is -0.383 e. The molecule has 0 atom stereocenters. The van der Waals surface area contributed by atoms with E-state index in [9.17, 15) is 4.79 Å². The van der Waals surface area contributed by atoms with Crippen LogP contribution < -0.4 is 5.32 Å². The van der Waals surface area contributed by atoms with Crippen LogP contribution in [-0.4, -0.2) is 76.2 Å². The molecular weight excluding hydrogens is 218 g/mol. The van der Waals surface area contributed by atoms with E-state index in [0.29, 0.717) is 13.2 Å². The van der Waals surface area contributed by atoms with Crippen LogP contribution in [0.5, 0.6) is 0 Å². The number of ether oxygens (including phenoxy) is 1. The molecule has 0 aliphatic heterocycles. The van der Waals surface area contributed by atoms with Crippen molar-refractivity contribution in [2.24, 2.45) is 0 Å². The number of rotatable bonds is 10. The van der Waals surface area contributed by atoms with Crippen LogP contribution in [0.3, 0.4) is 0 Å². The Morgan fingerprint density at radius 2 is 2.00 bits per heavy atom. The quantitative estimate of drug-likeness (QED) is 0.551. The van der Waals surface area contributed by atoms with Crippen LogP contribution >= 0.6 is 0 Å². The average molecular weight is 245 g/mol. The van der Waals surface area contributed by atoms with Gasteiger partial charge in [0.1, 0.15) is 0 Å². The predicted octanol–water partition coefficient (Wildman–Crippen LogP) is 0.0226. The molecule has 0 bridgehead atoms. The lowest BCUT2D eigenvalue weighted by Gasteiger charge is -2.22. The van der Waals surface area contributed by atoms with Crippen molar-refractivity contribution in [1.82, 2.24) is 15.1 Å². The molecule has 0 aromatic carbocycles. The second-order valence-electron chi connectivity index (χ2n) is 4.30. The fourth-order valence-corrected chi connectivity index (χ4v) is 1.52. The van der Waals surface area contributed by atoms with Crippen LogP contribution in [0.25, 0.3) is 0 Å². The minimum absolute atomic E-state index is 0.169. The van der Waals surface area contributed by atoms with Gasteiger partial charge in [0.2, 0.25) is 5.91 Å². The van der Waals surface area contributed by atoms with E-state index in [2.05, 4.69) is 10.2 Å². The van der Waals surface area contributed by atoms with E-state index in [4.69, 9.17) is 4.74 Å². The zero-order valence-corrected chi connectivity index (χ0v) is 11.7. The standard InChI is InChI=1S/C12H27N3O2/c1-5-15(9-6-8-14(2)3)12(16)11-13-7-10-17-4/h13H,5-11H2,1-4H3. The van der Waals surface area contributed by atoms with Crippen LogP contribution in [0.2, 0.25) is 0 Å². The van der Waals surface area contributed by atoms with Gasteiger partial charge in [-0.15, -0.1) is 0 Å². The summed E-state index contributed by atoms with van der Waals surface area (Å²) in [5.41, 5.74) is 0. The first kappa shape index (κ1) is 16.4. The Bertz CT molecular complexity index is 198. The van der Waals surface area contributed by atoms with E-state index in [1.54, 1.807) is 7.11 Å². The Kier molecular flexibility index (Phi) is 10.1. The number of amides is 1. The summed E-state index contributed by atoms with van der Waals surface area (Å²) in [5, 5.41) is 3.07. The highest BCUT2D eigenvalue weighted by Crippen LogP contribution is 1.93. The van der Waals surface area contributed by atoms with Gasteiger partial charge in [0.05, 0.1) is 13.2 Å². The minimum atomic E-state index is 0.169. The lowest BCUT2D eigenvalue weighted by atomic mass is 10.3. The molecule has 0 aromatic rings. The number of hydrogen-bond donors (Lipinski definition) is 1. The number of nitrogens with one attached hydrogen (secondary N) is 1. The van der Waals surface area contributed by atoms with Crippen molar-refractivity contribution in [3.8, 4) is 0 Å². The zero-order chi connectivity index (χ0) is 13.1. The van der Waals surface area contributed by atoms with E-state index < -0.39 is 0 Å². The first-order valence-electron chi connectivity index (χ1n) is 6.24. The third kappa shape index (κ3) is 9.09. The lowest BCUT2D eigenvalue weighted by molar-refractivity contribution is -0.130. The summed E-state index contributed by atoms with van der Waals surface area (Å²) >= 11 is 0. The van der Waals surface area contributed by atoms with Crippen molar-refractivity contribution in [2.75, 3.05) is 60.5 Å². The number of hydrogen-bond acceptors (Lipinski definition) is 4. The normalized spacial score (nSPS) is 10.9. The van der Waals surface area contributed by atoms with Crippen molar-refractivity contribution in [3.05, 3.63) is 0 Å². The van der Waals surface area contributed by atoms with Crippen molar-refractivity contribution < 1.29 is 9.53 Å². The van der Waals surface area contributed by atoms with E-state index in [1.165, 1.54) is 0 Å². The summed E-state index contributed by atoms with van der Waals surface area (Å²) in [6, 6.07) is 0. The van der Waals surface area contributed by atoms with Crippen molar-refractivity contribution >= 4 is 5.91 Å². The summed E-state index contributed by atoms with van der Waals surface area (Å²) in [7, 11) is 5.75. The molecule has 0 fully saturated rings. The SMILES string of the molecule is CCN(CCCN(C)C)C(=O)CNCCOC. The molecule has 0 aliphatic carbocycles. The van der Waals surface area contributed by atoms with Gasteiger partial charge in [0, 0.05) is 26.7 Å². The van der Waals surface area contributed by atoms with E-state index in [-0.39, 0.29) is 5.91 Å². The summed E-state index contributed by atoms with van der Waals surface area (Å²) in [5.74, 6) is 0.169. The van der Waals surface area contributed by atoms with Crippen LogP contribution in [0, 0.1) is 0 Å².